The number of methoxy groups -OCH3 is 1. The molecule has 0 aromatic rings. The third-order valence-corrected chi connectivity index (χ3v) is 4.85. The Morgan fingerprint density at radius 3 is 2.20 bits per heavy atom. The lowest BCUT2D eigenvalue weighted by atomic mass is 9.86. The van der Waals surface area contributed by atoms with Crippen LogP contribution in [0.15, 0.2) is 0 Å². The molecule has 1 rings (SSSR count). The summed E-state index contributed by atoms with van der Waals surface area (Å²) in [5, 5.41) is 17.9. The average Bonchev–Trinajstić information content (AvgIpc) is 2.37. The zero-order valence-electron chi connectivity index (χ0n) is 10.7. The van der Waals surface area contributed by atoms with E-state index < -0.39 is 52.1 Å². The Bertz CT molecular complexity index is 513. The zero-order chi connectivity index (χ0) is 15.5. The van der Waals surface area contributed by atoms with Crippen molar-refractivity contribution in [3.8, 4) is 0 Å². The fourth-order valence-corrected chi connectivity index (χ4v) is 3.39. The standard InChI is InChI=1S/C10H15NO8S/c1-19-8(12)5-20(17,18)11-3-2-6(9(13)14)7(4-11)10(15)16/h6-7H,2-5H2,1H3,(H,13,14)(H,15,16). The van der Waals surface area contributed by atoms with Crippen molar-refractivity contribution in [3.63, 3.8) is 0 Å². The summed E-state index contributed by atoms with van der Waals surface area (Å²) in [6.45, 7) is -0.605. The maximum atomic E-state index is 11.9. The number of ether oxygens (including phenoxy) is 1. The number of nitrogens with zero attached hydrogens (tertiary/aromatic N) is 1. The molecule has 2 atom stereocenters. The van der Waals surface area contributed by atoms with E-state index in [2.05, 4.69) is 4.74 Å². The first-order valence-corrected chi connectivity index (χ1v) is 7.30. The number of carboxylic acid groups (broad SMARTS) is 2. The van der Waals surface area contributed by atoms with Gasteiger partial charge in [-0.1, -0.05) is 0 Å². The molecule has 0 spiro atoms. The molecular formula is C10H15NO8S. The fraction of sp³-hybridized carbons (Fsp3) is 0.700. The van der Waals surface area contributed by atoms with Crippen LogP contribution in [0.25, 0.3) is 0 Å². The second kappa shape index (κ2) is 6.18. The van der Waals surface area contributed by atoms with Crippen LogP contribution in [0.3, 0.4) is 0 Å². The molecule has 0 amide bonds. The molecule has 1 aliphatic heterocycles. The minimum Gasteiger partial charge on any atom is -0.481 e. The first-order chi connectivity index (χ1) is 9.19. The van der Waals surface area contributed by atoms with E-state index in [0.717, 1.165) is 11.4 Å². The molecule has 2 unspecified atom stereocenters. The number of carbonyl (C=O) groups is 3. The topological polar surface area (TPSA) is 138 Å². The van der Waals surface area contributed by atoms with Crippen LogP contribution in [0, 0.1) is 11.8 Å². The van der Waals surface area contributed by atoms with Gasteiger partial charge < -0.3 is 14.9 Å². The predicted molar refractivity (Wildman–Crippen MR) is 64.2 cm³/mol. The van der Waals surface area contributed by atoms with Crippen molar-refractivity contribution in [3.05, 3.63) is 0 Å². The van der Waals surface area contributed by atoms with Gasteiger partial charge in [0.25, 0.3) is 0 Å². The highest BCUT2D eigenvalue weighted by atomic mass is 32.2. The van der Waals surface area contributed by atoms with E-state index in [9.17, 15) is 22.8 Å². The van der Waals surface area contributed by atoms with Gasteiger partial charge >= 0.3 is 17.9 Å². The highest BCUT2D eigenvalue weighted by Crippen LogP contribution is 2.26. The van der Waals surface area contributed by atoms with Crippen molar-refractivity contribution in [2.24, 2.45) is 11.8 Å². The van der Waals surface area contributed by atoms with Crippen molar-refractivity contribution in [2.75, 3.05) is 26.0 Å². The van der Waals surface area contributed by atoms with Crippen LogP contribution >= 0.6 is 0 Å². The molecule has 0 radical (unpaired) electrons. The molecule has 0 aromatic carbocycles. The van der Waals surface area contributed by atoms with Crippen LogP contribution < -0.4 is 0 Å². The SMILES string of the molecule is COC(=O)CS(=O)(=O)N1CCC(C(=O)O)C(C(=O)O)C1. The van der Waals surface area contributed by atoms with E-state index in [1.54, 1.807) is 0 Å². The summed E-state index contributed by atoms with van der Waals surface area (Å²) in [4.78, 5) is 33.0. The van der Waals surface area contributed by atoms with Gasteiger partial charge in [0.15, 0.2) is 5.75 Å². The molecule has 1 saturated heterocycles. The molecule has 114 valence electrons. The Labute approximate surface area is 115 Å². The third-order valence-electron chi connectivity index (χ3n) is 3.13. The molecule has 0 aromatic heterocycles. The third kappa shape index (κ3) is 3.67. The number of rotatable bonds is 5. The number of sulfonamides is 1. The van der Waals surface area contributed by atoms with E-state index in [-0.39, 0.29) is 13.0 Å². The fourth-order valence-electron chi connectivity index (χ4n) is 2.02. The lowest BCUT2D eigenvalue weighted by Crippen LogP contribution is -2.49. The molecular weight excluding hydrogens is 294 g/mol. The summed E-state index contributed by atoms with van der Waals surface area (Å²) in [5.74, 6) is -6.99. The van der Waals surface area contributed by atoms with Crippen LogP contribution in [0.1, 0.15) is 6.42 Å². The maximum Gasteiger partial charge on any atom is 0.322 e. The summed E-state index contributed by atoms with van der Waals surface area (Å²) in [6, 6.07) is 0. The highest BCUT2D eigenvalue weighted by Gasteiger charge is 2.42. The second-order valence-corrected chi connectivity index (χ2v) is 6.34. The number of carboxylic acids is 2. The van der Waals surface area contributed by atoms with Gasteiger partial charge in [-0.3, -0.25) is 14.4 Å². The molecule has 10 heteroatoms. The maximum absolute atomic E-state index is 11.9. The molecule has 0 aliphatic carbocycles. The van der Waals surface area contributed by atoms with Gasteiger partial charge in [-0.15, -0.1) is 0 Å². The minimum absolute atomic E-state index is 0.118. The van der Waals surface area contributed by atoms with Gasteiger partial charge in [0.1, 0.15) is 0 Å². The Kier molecular flexibility index (Phi) is 5.06. The summed E-state index contributed by atoms with van der Waals surface area (Å²) < 4.78 is 28.8. The summed E-state index contributed by atoms with van der Waals surface area (Å²) >= 11 is 0. The number of hydrogen-bond acceptors (Lipinski definition) is 6. The van der Waals surface area contributed by atoms with Crippen LogP contribution in [-0.2, 0) is 29.1 Å². The van der Waals surface area contributed by atoms with Crippen molar-refractivity contribution >= 4 is 27.9 Å². The van der Waals surface area contributed by atoms with Gasteiger partial charge in [-0.25, -0.2) is 12.7 Å². The number of esters is 1. The molecule has 1 fully saturated rings. The first-order valence-electron chi connectivity index (χ1n) is 5.69. The molecule has 1 heterocycles. The smallest absolute Gasteiger partial charge is 0.322 e. The number of aliphatic carboxylic acids is 2. The Balaban J connectivity index is 2.88. The van der Waals surface area contributed by atoms with E-state index in [1.807, 2.05) is 0 Å². The van der Waals surface area contributed by atoms with Crippen molar-refractivity contribution in [1.29, 1.82) is 0 Å². The Morgan fingerprint density at radius 2 is 1.75 bits per heavy atom. The average molecular weight is 309 g/mol. The van der Waals surface area contributed by atoms with Gasteiger partial charge in [0.2, 0.25) is 10.0 Å². The molecule has 20 heavy (non-hydrogen) atoms. The normalized spacial score (nSPS) is 24.1. The Hall–Kier alpha value is -1.68. The first kappa shape index (κ1) is 16.4. The summed E-state index contributed by atoms with van der Waals surface area (Å²) in [6.07, 6.45) is -0.118. The lowest BCUT2D eigenvalue weighted by molar-refractivity contribution is -0.156. The van der Waals surface area contributed by atoms with Gasteiger partial charge in [0, 0.05) is 13.1 Å². The zero-order valence-corrected chi connectivity index (χ0v) is 11.5. The summed E-state index contributed by atoms with van der Waals surface area (Å²) in [7, 11) is -2.97. The Morgan fingerprint density at radius 1 is 1.20 bits per heavy atom. The van der Waals surface area contributed by atoms with E-state index >= 15 is 0 Å². The monoisotopic (exact) mass is 309 g/mol. The minimum atomic E-state index is -4.01. The van der Waals surface area contributed by atoms with Crippen LogP contribution in [0.4, 0.5) is 0 Å². The molecule has 0 bridgehead atoms. The van der Waals surface area contributed by atoms with Crippen LogP contribution in [0.2, 0.25) is 0 Å². The molecule has 0 saturated carbocycles. The number of carbonyl (C=O) groups excluding carboxylic acids is 1. The van der Waals surface area contributed by atoms with Gasteiger partial charge in [-0.2, -0.15) is 0 Å². The van der Waals surface area contributed by atoms with Gasteiger partial charge in [0.05, 0.1) is 18.9 Å². The van der Waals surface area contributed by atoms with E-state index in [1.165, 1.54) is 0 Å². The van der Waals surface area contributed by atoms with Crippen LogP contribution in [-0.4, -0.2) is 66.8 Å². The quantitative estimate of drug-likeness (QED) is 0.591. The van der Waals surface area contributed by atoms with Crippen molar-refractivity contribution < 1.29 is 37.8 Å². The largest absolute Gasteiger partial charge is 0.481 e. The number of piperidine rings is 1. The second-order valence-electron chi connectivity index (χ2n) is 4.37. The number of hydrogen-bond donors (Lipinski definition) is 2. The predicted octanol–water partition coefficient (Wildman–Crippen LogP) is -1.40. The lowest BCUT2D eigenvalue weighted by Gasteiger charge is -2.33. The molecule has 2 N–H and O–H groups in total. The van der Waals surface area contributed by atoms with E-state index in [0.29, 0.717) is 0 Å². The highest BCUT2D eigenvalue weighted by molar-refractivity contribution is 7.89. The molecule has 1 aliphatic rings. The van der Waals surface area contributed by atoms with Crippen molar-refractivity contribution in [1.82, 2.24) is 4.31 Å². The van der Waals surface area contributed by atoms with E-state index in [4.69, 9.17) is 10.2 Å². The molecule has 9 nitrogen and oxygen atoms in total. The van der Waals surface area contributed by atoms with Gasteiger partial charge in [-0.05, 0) is 6.42 Å². The van der Waals surface area contributed by atoms with Crippen LogP contribution in [0.5, 0.6) is 0 Å². The van der Waals surface area contributed by atoms with Crippen molar-refractivity contribution in [2.45, 2.75) is 6.42 Å². The summed E-state index contributed by atoms with van der Waals surface area (Å²) in [5.41, 5.74) is 0.